The molecular formula is C15H13ClO3. The van der Waals surface area contributed by atoms with Crippen LogP contribution in [-0.4, -0.2) is 11.1 Å². The molecule has 1 aromatic carbocycles. The lowest BCUT2D eigenvalue weighted by molar-refractivity contribution is 0.0695. The number of carboxylic acids is 1. The smallest absolute Gasteiger partial charge is 0.339 e. The first-order valence-electron chi connectivity index (χ1n) is 6.24. The highest BCUT2D eigenvalue weighted by atomic mass is 35.5. The standard InChI is InChI=1S/C15H13ClO3/c16-11-5-3-10(4-6-11)12-8-19-13(7-9-1-2-9)14(12)15(17)18/h3-6,8-9H,1-2,7H2,(H,17,18). The summed E-state index contributed by atoms with van der Waals surface area (Å²) in [6.07, 6.45) is 4.58. The van der Waals surface area contributed by atoms with Gasteiger partial charge in [-0.2, -0.15) is 0 Å². The molecule has 0 amide bonds. The minimum Gasteiger partial charge on any atom is -0.478 e. The molecule has 1 fully saturated rings. The molecule has 1 aliphatic carbocycles. The molecule has 0 unspecified atom stereocenters. The Bertz CT molecular complexity index is 609. The maximum absolute atomic E-state index is 11.5. The quantitative estimate of drug-likeness (QED) is 0.908. The van der Waals surface area contributed by atoms with Crippen molar-refractivity contribution in [2.24, 2.45) is 5.92 Å². The largest absolute Gasteiger partial charge is 0.478 e. The second-order valence-electron chi connectivity index (χ2n) is 4.91. The molecule has 0 saturated heterocycles. The van der Waals surface area contributed by atoms with Gasteiger partial charge in [-0.1, -0.05) is 23.7 Å². The van der Waals surface area contributed by atoms with Crippen molar-refractivity contribution in [1.82, 2.24) is 0 Å². The average Bonchev–Trinajstić information content (AvgIpc) is 3.08. The summed E-state index contributed by atoms with van der Waals surface area (Å²) in [4.78, 5) is 11.5. The minimum absolute atomic E-state index is 0.286. The van der Waals surface area contributed by atoms with Crippen LogP contribution in [0, 0.1) is 5.92 Å². The summed E-state index contributed by atoms with van der Waals surface area (Å²) in [7, 11) is 0. The third kappa shape index (κ3) is 2.51. The number of carbonyl (C=O) groups is 1. The Morgan fingerprint density at radius 2 is 2.00 bits per heavy atom. The van der Waals surface area contributed by atoms with Crippen molar-refractivity contribution in [2.75, 3.05) is 0 Å². The predicted molar refractivity (Wildman–Crippen MR) is 72.5 cm³/mol. The van der Waals surface area contributed by atoms with Crippen molar-refractivity contribution in [3.63, 3.8) is 0 Å². The third-order valence-electron chi connectivity index (χ3n) is 3.41. The zero-order chi connectivity index (χ0) is 13.4. The fourth-order valence-electron chi connectivity index (χ4n) is 2.21. The number of hydrogen-bond donors (Lipinski definition) is 1. The maximum Gasteiger partial charge on any atom is 0.339 e. The summed E-state index contributed by atoms with van der Waals surface area (Å²) in [5.41, 5.74) is 1.72. The Labute approximate surface area is 115 Å². The molecule has 1 heterocycles. The van der Waals surface area contributed by atoms with Gasteiger partial charge in [0, 0.05) is 17.0 Å². The van der Waals surface area contributed by atoms with E-state index < -0.39 is 5.97 Å². The second kappa shape index (κ2) is 4.74. The molecule has 1 aliphatic rings. The zero-order valence-electron chi connectivity index (χ0n) is 10.2. The van der Waals surface area contributed by atoms with Crippen LogP contribution in [0.25, 0.3) is 11.1 Å². The van der Waals surface area contributed by atoms with Crippen LogP contribution in [-0.2, 0) is 6.42 Å². The summed E-state index contributed by atoms with van der Waals surface area (Å²) in [5.74, 6) is 0.233. The molecule has 1 aromatic heterocycles. The van der Waals surface area contributed by atoms with E-state index in [2.05, 4.69) is 0 Å². The van der Waals surface area contributed by atoms with E-state index in [1.54, 1.807) is 24.3 Å². The van der Waals surface area contributed by atoms with Gasteiger partial charge in [0.1, 0.15) is 11.3 Å². The van der Waals surface area contributed by atoms with Crippen LogP contribution >= 0.6 is 11.6 Å². The van der Waals surface area contributed by atoms with E-state index in [1.165, 1.54) is 6.26 Å². The third-order valence-corrected chi connectivity index (χ3v) is 3.66. The van der Waals surface area contributed by atoms with Crippen LogP contribution in [0.5, 0.6) is 0 Å². The number of hydrogen-bond acceptors (Lipinski definition) is 2. The van der Waals surface area contributed by atoms with Crippen LogP contribution < -0.4 is 0 Å². The highest BCUT2D eigenvalue weighted by Crippen LogP contribution is 2.37. The van der Waals surface area contributed by atoms with E-state index in [-0.39, 0.29) is 5.56 Å². The number of rotatable bonds is 4. The molecule has 4 heteroatoms. The van der Waals surface area contributed by atoms with E-state index >= 15 is 0 Å². The fourth-order valence-corrected chi connectivity index (χ4v) is 2.33. The molecule has 2 aromatic rings. The van der Waals surface area contributed by atoms with Crippen LogP contribution in [0.15, 0.2) is 34.9 Å². The number of carboxylic acid groups (broad SMARTS) is 1. The van der Waals surface area contributed by atoms with Crippen molar-refractivity contribution in [2.45, 2.75) is 19.3 Å². The lowest BCUT2D eigenvalue weighted by Gasteiger charge is -2.01. The van der Waals surface area contributed by atoms with Gasteiger partial charge in [0.25, 0.3) is 0 Å². The van der Waals surface area contributed by atoms with Gasteiger partial charge in [-0.25, -0.2) is 4.79 Å². The molecule has 98 valence electrons. The van der Waals surface area contributed by atoms with Gasteiger partial charge >= 0.3 is 5.97 Å². The average molecular weight is 277 g/mol. The molecule has 0 radical (unpaired) electrons. The van der Waals surface area contributed by atoms with Crippen LogP contribution in [0.3, 0.4) is 0 Å². The van der Waals surface area contributed by atoms with Crippen molar-refractivity contribution in [3.8, 4) is 11.1 Å². The summed E-state index contributed by atoms with van der Waals surface area (Å²) in [5, 5.41) is 10.0. The fraction of sp³-hybridized carbons (Fsp3) is 0.267. The van der Waals surface area contributed by atoms with Gasteiger partial charge < -0.3 is 9.52 Å². The highest BCUT2D eigenvalue weighted by molar-refractivity contribution is 6.30. The lowest BCUT2D eigenvalue weighted by atomic mass is 10.0. The zero-order valence-corrected chi connectivity index (χ0v) is 11.0. The van der Waals surface area contributed by atoms with Crippen LogP contribution in [0.1, 0.15) is 29.0 Å². The van der Waals surface area contributed by atoms with E-state index in [9.17, 15) is 9.90 Å². The Hall–Kier alpha value is -1.74. The number of aromatic carboxylic acids is 1. The van der Waals surface area contributed by atoms with Gasteiger partial charge in [0.15, 0.2) is 0 Å². The first-order valence-corrected chi connectivity index (χ1v) is 6.62. The summed E-state index contributed by atoms with van der Waals surface area (Å²) in [6.45, 7) is 0. The number of halogens is 1. The van der Waals surface area contributed by atoms with E-state index in [0.717, 1.165) is 24.8 Å². The molecule has 0 atom stereocenters. The van der Waals surface area contributed by atoms with E-state index in [1.807, 2.05) is 0 Å². The lowest BCUT2D eigenvalue weighted by Crippen LogP contribution is -2.02. The molecule has 1 N–H and O–H groups in total. The van der Waals surface area contributed by atoms with Gasteiger partial charge in [0.2, 0.25) is 0 Å². The van der Waals surface area contributed by atoms with Gasteiger partial charge in [-0.05, 0) is 36.5 Å². The molecule has 3 rings (SSSR count). The van der Waals surface area contributed by atoms with Crippen LogP contribution in [0.4, 0.5) is 0 Å². The minimum atomic E-state index is -0.936. The van der Waals surface area contributed by atoms with Crippen molar-refractivity contribution in [1.29, 1.82) is 0 Å². The number of benzene rings is 1. The molecule has 0 aliphatic heterocycles. The Balaban J connectivity index is 2.02. The first kappa shape index (κ1) is 12.3. The monoisotopic (exact) mass is 276 g/mol. The first-order chi connectivity index (χ1) is 9.15. The summed E-state index contributed by atoms with van der Waals surface area (Å²) < 4.78 is 5.48. The van der Waals surface area contributed by atoms with Crippen molar-refractivity contribution in [3.05, 3.63) is 46.9 Å². The predicted octanol–water partition coefficient (Wildman–Crippen LogP) is 4.25. The second-order valence-corrected chi connectivity index (χ2v) is 5.34. The van der Waals surface area contributed by atoms with Crippen molar-refractivity contribution < 1.29 is 14.3 Å². The normalized spacial score (nSPS) is 14.6. The van der Waals surface area contributed by atoms with Gasteiger partial charge in [-0.3, -0.25) is 0 Å². The Kier molecular flexibility index (Phi) is 3.07. The maximum atomic E-state index is 11.5. The molecule has 0 bridgehead atoms. The van der Waals surface area contributed by atoms with Crippen LogP contribution in [0.2, 0.25) is 5.02 Å². The molecule has 1 saturated carbocycles. The highest BCUT2D eigenvalue weighted by Gasteiger charge is 2.28. The molecular weight excluding hydrogens is 264 g/mol. The SMILES string of the molecule is O=C(O)c1c(-c2ccc(Cl)cc2)coc1CC1CC1. The Morgan fingerprint density at radius 3 is 2.58 bits per heavy atom. The topological polar surface area (TPSA) is 50.4 Å². The summed E-state index contributed by atoms with van der Waals surface area (Å²) >= 11 is 5.84. The van der Waals surface area contributed by atoms with Crippen molar-refractivity contribution >= 4 is 17.6 Å². The molecule has 3 nitrogen and oxygen atoms in total. The number of furan rings is 1. The van der Waals surface area contributed by atoms with E-state index in [4.69, 9.17) is 16.0 Å². The Morgan fingerprint density at radius 1 is 1.32 bits per heavy atom. The van der Waals surface area contributed by atoms with E-state index in [0.29, 0.717) is 22.3 Å². The van der Waals surface area contributed by atoms with Gasteiger partial charge in [-0.15, -0.1) is 0 Å². The molecule has 19 heavy (non-hydrogen) atoms. The summed E-state index contributed by atoms with van der Waals surface area (Å²) in [6, 6.07) is 7.10. The van der Waals surface area contributed by atoms with Gasteiger partial charge in [0.05, 0.1) is 6.26 Å². The molecule has 0 spiro atoms.